The monoisotopic (exact) mass is 266 g/mol. The van der Waals surface area contributed by atoms with Crippen LogP contribution in [0.2, 0.25) is 0 Å². The molecule has 0 atom stereocenters. The van der Waals surface area contributed by atoms with E-state index >= 15 is 0 Å². The molecule has 7 heteroatoms. The van der Waals surface area contributed by atoms with Gasteiger partial charge in [0.15, 0.2) is 0 Å². The summed E-state index contributed by atoms with van der Waals surface area (Å²) in [6.45, 7) is 4.60. The Hall–Kier alpha value is -1.23. The summed E-state index contributed by atoms with van der Waals surface area (Å²) in [7, 11) is 0. The third-order valence-electron chi connectivity index (χ3n) is 0.898. The van der Waals surface area contributed by atoms with Gasteiger partial charge in [0, 0.05) is 17.5 Å². The molecule has 0 aliphatic heterocycles. The Kier molecular flexibility index (Phi) is 14.0. The summed E-state index contributed by atoms with van der Waals surface area (Å²) in [5.41, 5.74) is 0.176. The van der Waals surface area contributed by atoms with Crippen LogP contribution >= 0.6 is 0 Å². The van der Waals surface area contributed by atoms with Gasteiger partial charge in [-0.1, -0.05) is 6.58 Å². The van der Waals surface area contributed by atoms with Crippen LogP contribution in [0, 0.1) is 0 Å². The second-order valence-electron chi connectivity index (χ2n) is 2.33. The zero-order chi connectivity index (χ0) is 11.7. The summed E-state index contributed by atoms with van der Waals surface area (Å²) in [4.78, 5) is 28.6. The average Bonchev–Trinajstić information content (AvgIpc) is 2.01. The van der Waals surface area contributed by atoms with Gasteiger partial charge in [-0.3, -0.25) is 0 Å². The molecule has 0 fully saturated rings. The van der Waals surface area contributed by atoms with Crippen molar-refractivity contribution < 1.29 is 49.2 Å². The Labute approximate surface area is 99.4 Å². The summed E-state index contributed by atoms with van der Waals surface area (Å²) in [5.74, 6) is -3.67. The molecule has 80 valence electrons. The summed E-state index contributed by atoms with van der Waals surface area (Å²) in [6, 6.07) is 0. The van der Waals surface area contributed by atoms with Crippen LogP contribution in [0.4, 0.5) is 0 Å². The van der Waals surface area contributed by atoms with Crippen molar-refractivity contribution in [2.75, 3.05) is 0 Å². The van der Waals surface area contributed by atoms with E-state index in [-0.39, 0.29) is 25.1 Å². The topological polar surface area (TPSA) is 118 Å². The van der Waals surface area contributed by atoms with Crippen molar-refractivity contribution >= 4 is 17.9 Å². The van der Waals surface area contributed by atoms with Gasteiger partial charge in [-0.15, -0.1) is 0 Å². The fourth-order valence-electron chi connectivity index (χ4n) is 0.204. The number of carbonyl (C=O) groups excluding carboxylic acids is 2. The van der Waals surface area contributed by atoms with Crippen LogP contribution in [0.5, 0.6) is 0 Å². The molecular formula is C8H10O6Zn. The van der Waals surface area contributed by atoms with Crippen LogP contribution in [0.1, 0.15) is 19.8 Å². The van der Waals surface area contributed by atoms with Crippen molar-refractivity contribution in [3.63, 3.8) is 0 Å². The van der Waals surface area contributed by atoms with E-state index in [0.29, 0.717) is 0 Å². The van der Waals surface area contributed by atoms with Crippen LogP contribution in [0.25, 0.3) is 0 Å². The number of hydrogen-bond donors (Lipinski definition) is 1. The molecule has 6 nitrogen and oxygen atoms in total. The maximum atomic E-state index is 9.60. The molecule has 0 saturated carbocycles. The molecule has 0 aliphatic carbocycles. The molecule has 0 unspecified atom stereocenters. The first-order chi connectivity index (χ1) is 6.27. The number of carboxylic acids is 3. The molecule has 0 saturated heterocycles. The Morgan fingerprint density at radius 3 is 1.40 bits per heavy atom. The van der Waals surface area contributed by atoms with Crippen molar-refractivity contribution in [1.82, 2.24) is 0 Å². The summed E-state index contributed by atoms with van der Waals surface area (Å²) in [5, 5.41) is 26.9. The Morgan fingerprint density at radius 2 is 1.33 bits per heavy atom. The molecule has 0 aliphatic rings. The SMILES string of the molecule is C=C(C)C(=O)O.O=C([O-])CCC(=O)[O-].[Zn+2]. The van der Waals surface area contributed by atoms with Crippen LogP contribution in [-0.2, 0) is 33.9 Å². The van der Waals surface area contributed by atoms with Crippen molar-refractivity contribution in [3.05, 3.63) is 12.2 Å². The molecule has 0 heterocycles. The van der Waals surface area contributed by atoms with Crippen molar-refractivity contribution in [2.24, 2.45) is 0 Å². The molecule has 15 heavy (non-hydrogen) atoms. The van der Waals surface area contributed by atoms with Gasteiger partial charge in [0.2, 0.25) is 0 Å². The van der Waals surface area contributed by atoms with E-state index in [0.717, 1.165) is 0 Å². The second kappa shape index (κ2) is 10.9. The molecule has 1 N–H and O–H groups in total. The number of hydrogen-bond acceptors (Lipinski definition) is 5. The predicted molar refractivity (Wildman–Crippen MR) is 41.7 cm³/mol. The maximum Gasteiger partial charge on any atom is 2.00 e. The van der Waals surface area contributed by atoms with E-state index < -0.39 is 30.7 Å². The second-order valence-corrected chi connectivity index (χ2v) is 2.33. The van der Waals surface area contributed by atoms with Crippen molar-refractivity contribution in [1.29, 1.82) is 0 Å². The first-order valence-corrected chi connectivity index (χ1v) is 3.55. The normalized spacial score (nSPS) is 7.53. The van der Waals surface area contributed by atoms with E-state index in [2.05, 4.69) is 6.58 Å². The number of aliphatic carboxylic acids is 3. The van der Waals surface area contributed by atoms with Crippen LogP contribution in [-0.4, -0.2) is 23.0 Å². The number of carbonyl (C=O) groups is 3. The van der Waals surface area contributed by atoms with Gasteiger partial charge < -0.3 is 24.9 Å². The van der Waals surface area contributed by atoms with Gasteiger partial charge >= 0.3 is 25.4 Å². The quantitative estimate of drug-likeness (QED) is 0.461. The van der Waals surface area contributed by atoms with Crippen LogP contribution in [0.15, 0.2) is 12.2 Å². The van der Waals surface area contributed by atoms with Gasteiger partial charge in [-0.2, -0.15) is 0 Å². The Balaban J connectivity index is -0.000000187. The fourth-order valence-corrected chi connectivity index (χ4v) is 0.204. The third kappa shape index (κ3) is 24.5. The Bertz CT molecular complexity index is 222. The molecular weight excluding hydrogens is 257 g/mol. The van der Waals surface area contributed by atoms with Gasteiger partial charge in [-0.05, 0) is 19.8 Å². The number of carboxylic acid groups (broad SMARTS) is 3. The zero-order valence-corrected chi connectivity index (χ0v) is 11.3. The zero-order valence-electron chi connectivity index (χ0n) is 8.32. The summed E-state index contributed by atoms with van der Waals surface area (Å²) >= 11 is 0. The molecule has 0 aromatic rings. The van der Waals surface area contributed by atoms with Gasteiger partial charge in [0.05, 0.1) is 0 Å². The van der Waals surface area contributed by atoms with Gasteiger partial charge in [0.25, 0.3) is 0 Å². The van der Waals surface area contributed by atoms with E-state index in [1.807, 2.05) is 0 Å². The smallest absolute Gasteiger partial charge is 0.550 e. The predicted octanol–water partition coefficient (Wildman–Crippen LogP) is -2.09. The summed E-state index contributed by atoms with van der Waals surface area (Å²) < 4.78 is 0. The van der Waals surface area contributed by atoms with Gasteiger partial charge in [-0.25, -0.2) is 4.79 Å². The minimum absolute atomic E-state index is 0. The third-order valence-corrected chi connectivity index (χ3v) is 0.898. The molecule has 0 spiro atoms. The summed E-state index contributed by atoms with van der Waals surface area (Å²) in [6.07, 6.45) is -0.940. The molecule has 0 aromatic heterocycles. The van der Waals surface area contributed by atoms with E-state index in [9.17, 15) is 24.6 Å². The molecule has 0 rings (SSSR count). The van der Waals surface area contributed by atoms with Crippen molar-refractivity contribution in [2.45, 2.75) is 19.8 Å². The first-order valence-electron chi connectivity index (χ1n) is 3.55. The van der Waals surface area contributed by atoms with E-state index in [1.54, 1.807) is 0 Å². The Morgan fingerprint density at radius 1 is 1.13 bits per heavy atom. The van der Waals surface area contributed by atoms with Gasteiger partial charge in [0.1, 0.15) is 0 Å². The molecule has 0 radical (unpaired) electrons. The standard InChI is InChI=1S/C4H6O4.C4H6O2.Zn/c5-3(6)1-2-4(7)8;1-3(2)4(5)6;/h1-2H2,(H,5,6)(H,7,8);1H2,2H3,(H,5,6);/q;;+2/p-2. The molecule has 0 aromatic carbocycles. The van der Waals surface area contributed by atoms with E-state index in [4.69, 9.17) is 5.11 Å². The fraction of sp³-hybridized carbons (Fsp3) is 0.375. The van der Waals surface area contributed by atoms with E-state index in [1.165, 1.54) is 6.92 Å². The largest absolute Gasteiger partial charge is 2.00 e. The maximum absolute atomic E-state index is 9.60. The molecule has 0 amide bonds. The minimum atomic E-state index is -1.37. The first kappa shape index (κ1) is 19.4. The van der Waals surface area contributed by atoms with Crippen LogP contribution in [0.3, 0.4) is 0 Å². The minimum Gasteiger partial charge on any atom is -0.550 e. The molecule has 0 bridgehead atoms. The number of rotatable bonds is 4. The van der Waals surface area contributed by atoms with Crippen LogP contribution < -0.4 is 10.2 Å². The van der Waals surface area contributed by atoms with Crippen molar-refractivity contribution in [3.8, 4) is 0 Å². The average molecular weight is 268 g/mol.